The van der Waals surface area contributed by atoms with Crippen LogP contribution in [0.5, 0.6) is 11.5 Å². The summed E-state index contributed by atoms with van der Waals surface area (Å²) in [7, 11) is 0. The lowest BCUT2D eigenvalue weighted by atomic mass is 10.1. The molecule has 0 saturated carbocycles. The maximum absolute atomic E-state index is 11.7. The normalized spacial score (nSPS) is 10.9. The Morgan fingerprint density at radius 2 is 1.88 bits per heavy atom. The van der Waals surface area contributed by atoms with Crippen LogP contribution in [-0.4, -0.2) is 17.5 Å². The first kappa shape index (κ1) is 19.6. The van der Waals surface area contributed by atoms with Crippen molar-refractivity contribution in [3.8, 4) is 11.5 Å². The van der Waals surface area contributed by atoms with E-state index in [0.29, 0.717) is 10.8 Å². The van der Waals surface area contributed by atoms with Gasteiger partial charge < -0.3 is 20.5 Å². The number of alkyl carbamates (subject to hydrolysis) is 1. The molecule has 0 aliphatic carbocycles. The Hall–Kier alpha value is -2.73. The van der Waals surface area contributed by atoms with Crippen LogP contribution in [0.15, 0.2) is 42.5 Å². The molecule has 0 aliphatic heterocycles. The Balaban J connectivity index is 2.09. The van der Waals surface area contributed by atoms with Crippen molar-refractivity contribution >= 4 is 23.6 Å². The van der Waals surface area contributed by atoms with Crippen molar-refractivity contribution in [1.82, 2.24) is 5.32 Å². The Bertz CT molecular complexity index is 815. The van der Waals surface area contributed by atoms with E-state index >= 15 is 0 Å². The van der Waals surface area contributed by atoms with Crippen molar-refractivity contribution in [2.45, 2.75) is 32.9 Å². The van der Waals surface area contributed by atoms with Crippen LogP contribution in [0.4, 0.5) is 4.79 Å². The van der Waals surface area contributed by atoms with Gasteiger partial charge in [0.2, 0.25) is 0 Å². The third-order valence-electron chi connectivity index (χ3n) is 3.18. The van der Waals surface area contributed by atoms with Gasteiger partial charge in [0.15, 0.2) is 0 Å². The van der Waals surface area contributed by atoms with Crippen molar-refractivity contribution < 1.29 is 19.1 Å². The number of nitrogens with one attached hydrogen (secondary N) is 1. The largest absolute Gasteiger partial charge is 0.456 e. The van der Waals surface area contributed by atoms with Crippen molar-refractivity contribution in [1.29, 1.82) is 0 Å². The van der Waals surface area contributed by atoms with Crippen LogP contribution >= 0.6 is 11.6 Å². The summed E-state index contributed by atoms with van der Waals surface area (Å²) < 4.78 is 10.9. The maximum Gasteiger partial charge on any atom is 0.407 e. The zero-order valence-corrected chi connectivity index (χ0v) is 15.6. The highest BCUT2D eigenvalue weighted by atomic mass is 35.5. The average molecular weight is 377 g/mol. The predicted molar refractivity (Wildman–Crippen MR) is 99.6 cm³/mol. The molecule has 0 fully saturated rings. The van der Waals surface area contributed by atoms with Gasteiger partial charge in [-0.1, -0.05) is 23.7 Å². The predicted octanol–water partition coefficient (Wildman–Crippen LogP) is 4.26. The Labute approximate surface area is 157 Å². The highest BCUT2D eigenvalue weighted by molar-refractivity contribution is 6.30. The van der Waals surface area contributed by atoms with Crippen LogP contribution in [0.25, 0.3) is 0 Å². The van der Waals surface area contributed by atoms with E-state index in [0.717, 1.165) is 5.56 Å². The molecule has 0 heterocycles. The lowest BCUT2D eigenvalue weighted by Crippen LogP contribution is -2.40. The van der Waals surface area contributed by atoms with E-state index in [2.05, 4.69) is 5.32 Å². The molecule has 0 aromatic heterocycles. The minimum Gasteiger partial charge on any atom is -0.456 e. The lowest BCUT2D eigenvalue weighted by molar-refractivity contribution is 0.0997. The third kappa shape index (κ3) is 5.97. The summed E-state index contributed by atoms with van der Waals surface area (Å²) in [5.74, 6) is 0.107. The third-order valence-corrected chi connectivity index (χ3v) is 3.42. The van der Waals surface area contributed by atoms with Gasteiger partial charge in [-0.15, -0.1) is 0 Å². The molecule has 0 bridgehead atoms. The van der Waals surface area contributed by atoms with Gasteiger partial charge in [-0.3, -0.25) is 4.79 Å². The monoisotopic (exact) mass is 376 g/mol. The van der Waals surface area contributed by atoms with Crippen LogP contribution in [0.3, 0.4) is 0 Å². The van der Waals surface area contributed by atoms with Crippen LogP contribution < -0.4 is 15.8 Å². The number of halogens is 1. The SMILES string of the molecule is CC(C)(C)NC(=O)OCc1cccc(Oc2cc(Cl)ccc2C(N)=O)c1. The second-order valence-corrected chi connectivity index (χ2v) is 7.14. The Morgan fingerprint density at radius 3 is 2.54 bits per heavy atom. The molecule has 0 aliphatic rings. The fraction of sp³-hybridized carbons (Fsp3) is 0.263. The molecule has 3 N–H and O–H groups in total. The summed E-state index contributed by atoms with van der Waals surface area (Å²) in [5.41, 5.74) is 5.93. The van der Waals surface area contributed by atoms with Crippen molar-refractivity contribution in [2.24, 2.45) is 5.73 Å². The van der Waals surface area contributed by atoms with Crippen LogP contribution in [-0.2, 0) is 11.3 Å². The molecule has 7 heteroatoms. The van der Waals surface area contributed by atoms with Gasteiger partial charge in [-0.2, -0.15) is 0 Å². The van der Waals surface area contributed by atoms with Crippen LogP contribution in [0, 0.1) is 0 Å². The second-order valence-electron chi connectivity index (χ2n) is 6.71. The molecule has 0 unspecified atom stereocenters. The summed E-state index contributed by atoms with van der Waals surface area (Å²) in [6.45, 7) is 5.68. The molecular weight excluding hydrogens is 356 g/mol. The standard InChI is InChI=1S/C19H21ClN2O4/c1-19(2,3)22-18(24)25-11-12-5-4-6-14(9-12)26-16-10-13(20)7-8-15(16)17(21)23/h4-10H,11H2,1-3H3,(H2,21,23)(H,22,24). The quantitative estimate of drug-likeness (QED) is 0.815. The van der Waals surface area contributed by atoms with E-state index in [1.165, 1.54) is 12.1 Å². The first-order valence-corrected chi connectivity index (χ1v) is 8.33. The Kier molecular flexibility index (Phi) is 6.10. The number of hydrogen-bond acceptors (Lipinski definition) is 4. The molecule has 0 saturated heterocycles. The highest BCUT2D eigenvalue weighted by Crippen LogP contribution is 2.29. The van der Waals surface area contributed by atoms with Crippen molar-refractivity contribution in [3.63, 3.8) is 0 Å². The van der Waals surface area contributed by atoms with Gasteiger partial charge in [0.25, 0.3) is 5.91 Å². The van der Waals surface area contributed by atoms with E-state index in [-0.39, 0.29) is 23.5 Å². The van der Waals surface area contributed by atoms with E-state index in [1.54, 1.807) is 30.3 Å². The molecule has 2 amide bonds. The van der Waals surface area contributed by atoms with Gasteiger partial charge in [-0.25, -0.2) is 4.79 Å². The number of nitrogens with two attached hydrogens (primary N) is 1. The average Bonchev–Trinajstić information content (AvgIpc) is 2.51. The minimum absolute atomic E-state index is 0.0807. The fourth-order valence-electron chi connectivity index (χ4n) is 2.10. The van der Waals surface area contributed by atoms with Gasteiger partial charge in [-0.05, 0) is 50.6 Å². The molecule has 0 radical (unpaired) electrons. The number of hydrogen-bond donors (Lipinski definition) is 2. The summed E-state index contributed by atoms with van der Waals surface area (Å²) in [4.78, 5) is 23.3. The number of carbonyl (C=O) groups excluding carboxylic acids is 2. The van der Waals surface area contributed by atoms with Gasteiger partial charge >= 0.3 is 6.09 Å². The smallest absolute Gasteiger partial charge is 0.407 e. The summed E-state index contributed by atoms with van der Waals surface area (Å²) in [6.07, 6.45) is -0.505. The first-order valence-electron chi connectivity index (χ1n) is 7.95. The minimum atomic E-state index is -0.616. The number of ether oxygens (including phenoxy) is 2. The zero-order valence-electron chi connectivity index (χ0n) is 14.8. The number of amides is 2. The molecule has 2 rings (SSSR count). The molecule has 2 aromatic rings. The van der Waals surface area contributed by atoms with Crippen molar-refractivity contribution in [3.05, 3.63) is 58.6 Å². The van der Waals surface area contributed by atoms with Gasteiger partial charge in [0.05, 0.1) is 5.56 Å². The second kappa shape index (κ2) is 8.10. The van der Waals surface area contributed by atoms with E-state index in [9.17, 15) is 9.59 Å². The van der Waals surface area contributed by atoms with E-state index < -0.39 is 12.0 Å². The molecular formula is C19H21ClN2O4. The van der Waals surface area contributed by atoms with E-state index in [4.69, 9.17) is 26.8 Å². The Morgan fingerprint density at radius 1 is 1.15 bits per heavy atom. The lowest BCUT2D eigenvalue weighted by Gasteiger charge is -2.20. The molecule has 2 aromatic carbocycles. The van der Waals surface area contributed by atoms with Gasteiger partial charge in [0, 0.05) is 16.6 Å². The van der Waals surface area contributed by atoms with E-state index in [1.807, 2.05) is 20.8 Å². The first-order chi connectivity index (χ1) is 12.1. The number of benzene rings is 2. The summed E-state index contributed by atoms with van der Waals surface area (Å²) in [5, 5.41) is 3.13. The molecule has 26 heavy (non-hydrogen) atoms. The topological polar surface area (TPSA) is 90.7 Å². The molecule has 6 nitrogen and oxygen atoms in total. The highest BCUT2D eigenvalue weighted by Gasteiger charge is 2.15. The summed E-state index contributed by atoms with van der Waals surface area (Å²) >= 11 is 5.96. The molecule has 138 valence electrons. The number of primary amides is 1. The summed E-state index contributed by atoms with van der Waals surface area (Å²) in [6, 6.07) is 11.5. The van der Waals surface area contributed by atoms with Crippen LogP contribution in [0.1, 0.15) is 36.7 Å². The molecule has 0 atom stereocenters. The fourth-order valence-corrected chi connectivity index (χ4v) is 2.26. The molecule has 0 spiro atoms. The van der Waals surface area contributed by atoms with Gasteiger partial charge in [0.1, 0.15) is 18.1 Å². The maximum atomic E-state index is 11.7. The number of carbonyl (C=O) groups is 2. The van der Waals surface area contributed by atoms with Crippen LogP contribution in [0.2, 0.25) is 5.02 Å². The number of rotatable bonds is 5. The van der Waals surface area contributed by atoms with Crippen molar-refractivity contribution in [2.75, 3.05) is 0 Å². The zero-order chi connectivity index (χ0) is 19.3.